The Morgan fingerprint density at radius 2 is 1.94 bits per heavy atom. The van der Waals surface area contributed by atoms with Crippen LogP contribution >= 0.6 is 11.8 Å². The molecule has 1 aliphatic rings. The van der Waals surface area contributed by atoms with Crippen LogP contribution in [0.3, 0.4) is 0 Å². The first-order chi connectivity index (χ1) is 8.48. The lowest BCUT2D eigenvalue weighted by Crippen LogP contribution is -2.05. The van der Waals surface area contributed by atoms with E-state index in [1.54, 1.807) is 18.0 Å². The number of allylic oxidation sites excluding steroid dienone is 2. The van der Waals surface area contributed by atoms with Crippen molar-refractivity contribution < 1.29 is 4.42 Å². The molecule has 0 unspecified atom stereocenters. The monoisotopic (exact) mass is 265 g/mol. The van der Waals surface area contributed by atoms with E-state index in [0.29, 0.717) is 5.92 Å². The lowest BCUT2D eigenvalue weighted by Gasteiger charge is -2.20. The zero-order valence-electron chi connectivity index (χ0n) is 12.2. The van der Waals surface area contributed by atoms with Gasteiger partial charge in [0.15, 0.2) is 5.89 Å². The molecule has 0 spiro atoms. The molecule has 0 saturated carbocycles. The summed E-state index contributed by atoms with van der Waals surface area (Å²) < 4.78 is 5.46. The van der Waals surface area contributed by atoms with E-state index in [0.717, 1.165) is 11.6 Å². The molecule has 0 aliphatic carbocycles. The van der Waals surface area contributed by atoms with Crippen LogP contribution < -0.4 is 0 Å². The predicted molar refractivity (Wildman–Crippen MR) is 80.4 cm³/mol. The van der Waals surface area contributed by atoms with E-state index >= 15 is 0 Å². The van der Waals surface area contributed by atoms with Gasteiger partial charge < -0.3 is 4.42 Å². The first kappa shape index (κ1) is 15.1. The Labute approximate surface area is 115 Å². The van der Waals surface area contributed by atoms with Crippen molar-refractivity contribution in [2.45, 2.75) is 47.5 Å². The number of hydrogen-bond acceptors (Lipinski definition) is 3. The van der Waals surface area contributed by atoms with E-state index in [1.165, 1.54) is 4.91 Å². The Morgan fingerprint density at radius 3 is 2.44 bits per heavy atom. The van der Waals surface area contributed by atoms with Crippen LogP contribution in [0.1, 0.15) is 59.0 Å². The number of nitrogens with zero attached hydrogens (tertiary/aromatic N) is 1. The maximum absolute atomic E-state index is 5.46. The largest absolute Gasteiger partial charge is 0.448 e. The lowest BCUT2D eigenvalue weighted by molar-refractivity contribution is 0.471. The highest BCUT2D eigenvalue weighted by Crippen LogP contribution is 2.38. The van der Waals surface area contributed by atoms with Gasteiger partial charge in [0, 0.05) is 16.2 Å². The topological polar surface area (TPSA) is 26.0 Å². The first-order valence-corrected chi connectivity index (χ1v) is 7.39. The van der Waals surface area contributed by atoms with Crippen LogP contribution in [0.15, 0.2) is 28.2 Å². The molecule has 0 saturated heterocycles. The Bertz CT molecular complexity index is 441. The minimum absolute atomic E-state index is 0.109. The van der Waals surface area contributed by atoms with Crippen molar-refractivity contribution in [2.24, 2.45) is 5.41 Å². The highest BCUT2D eigenvalue weighted by atomic mass is 32.2. The fourth-order valence-corrected chi connectivity index (χ4v) is 2.65. The maximum atomic E-state index is 5.46. The summed E-state index contributed by atoms with van der Waals surface area (Å²) in [6.07, 6.45) is 6.19. The summed E-state index contributed by atoms with van der Waals surface area (Å²) in [5.41, 5.74) is 1.06. The van der Waals surface area contributed by atoms with Crippen LogP contribution in [0, 0.1) is 5.41 Å². The number of rotatable bonds is 2. The molecule has 0 atom stereocenters. The minimum Gasteiger partial charge on any atom is -0.448 e. The molecule has 2 heterocycles. The van der Waals surface area contributed by atoms with Crippen molar-refractivity contribution in [3.8, 4) is 0 Å². The van der Waals surface area contributed by atoms with Gasteiger partial charge in [-0.25, -0.2) is 4.98 Å². The van der Waals surface area contributed by atoms with Gasteiger partial charge >= 0.3 is 0 Å². The van der Waals surface area contributed by atoms with E-state index in [1.807, 2.05) is 13.8 Å². The standard InChI is InChI=1S/C13H17NOS.C2H6/c1-9(2)12-14-10(8-15-12)11-7-13(3,4)5-6-16-11;1-2/h5-9H,1-4H3;1-2H3. The number of oxazole rings is 1. The van der Waals surface area contributed by atoms with Crippen molar-refractivity contribution in [1.82, 2.24) is 4.98 Å². The smallest absolute Gasteiger partial charge is 0.197 e. The van der Waals surface area contributed by atoms with Crippen molar-refractivity contribution in [1.29, 1.82) is 0 Å². The third-order valence-electron chi connectivity index (χ3n) is 2.46. The molecule has 1 aromatic heterocycles. The normalized spacial score (nSPS) is 17.2. The average Bonchev–Trinajstić information content (AvgIpc) is 2.80. The third-order valence-corrected chi connectivity index (χ3v) is 3.32. The lowest BCUT2D eigenvalue weighted by atomic mass is 9.93. The Balaban J connectivity index is 0.000000771. The van der Waals surface area contributed by atoms with Gasteiger partial charge in [-0.3, -0.25) is 0 Å². The highest BCUT2D eigenvalue weighted by Gasteiger charge is 2.19. The van der Waals surface area contributed by atoms with Gasteiger partial charge in [0.25, 0.3) is 0 Å². The van der Waals surface area contributed by atoms with Gasteiger partial charge in [0.05, 0.1) is 0 Å². The van der Waals surface area contributed by atoms with Gasteiger partial charge in [-0.15, -0.1) is 0 Å². The molecule has 0 amide bonds. The quantitative estimate of drug-likeness (QED) is 0.711. The summed E-state index contributed by atoms with van der Waals surface area (Å²) in [6.45, 7) is 12.5. The van der Waals surface area contributed by atoms with Crippen LogP contribution in [0.5, 0.6) is 0 Å². The van der Waals surface area contributed by atoms with E-state index in [4.69, 9.17) is 4.42 Å². The maximum Gasteiger partial charge on any atom is 0.197 e. The fraction of sp³-hybridized carbons (Fsp3) is 0.533. The molecule has 3 heteroatoms. The first-order valence-electron chi connectivity index (χ1n) is 6.51. The molecule has 1 aromatic rings. The Morgan fingerprint density at radius 1 is 1.28 bits per heavy atom. The van der Waals surface area contributed by atoms with Crippen LogP contribution in [0.4, 0.5) is 0 Å². The summed E-state index contributed by atoms with van der Waals surface area (Å²) in [4.78, 5) is 5.69. The molecule has 0 bridgehead atoms. The van der Waals surface area contributed by atoms with Crippen molar-refractivity contribution in [3.63, 3.8) is 0 Å². The molecule has 2 rings (SSSR count). The second-order valence-corrected chi connectivity index (χ2v) is 5.92. The van der Waals surface area contributed by atoms with Crippen molar-refractivity contribution in [3.05, 3.63) is 35.4 Å². The Kier molecular flexibility index (Phi) is 5.27. The van der Waals surface area contributed by atoms with E-state index in [-0.39, 0.29) is 5.41 Å². The molecule has 2 nitrogen and oxygen atoms in total. The third kappa shape index (κ3) is 3.77. The van der Waals surface area contributed by atoms with Gasteiger partial charge in [-0.05, 0) is 5.41 Å². The summed E-state index contributed by atoms with van der Waals surface area (Å²) in [7, 11) is 0. The van der Waals surface area contributed by atoms with Gasteiger partial charge in [-0.2, -0.15) is 0 Å². The van der Waals surface area contributed by atoms with Gasteiger partial charge in [0.2, 0.25) is 0 Å². The van der Waals surface area contributed by atoms with Crippen LogP contribution in [-0.4, -0.2) is 4.98 Å². The second-order valence-electron chi connectivity index (χ2n) is 4.98. The van der Waals surface area contributed by atoms with Crippen molar-refractivity contribution in [2.75, 3.05) is 0 Å². The summed E-state index contributed by atoms with van der Waals surface area (Å²) in [5, 5.41) is 2.12. The zero-order chi connectivity index (χ0) is 13.8. The van der Waals surface area contributed by atoms with E-state index in [9.17, 15) is 0 Å². The highest BCUT2D eigenvalue weighted by molar-refractivity contribution is 8.11. The SMILES string of the molecule is CC.CC(C)c1nc(C2=CC(C)(C)C=CS2)co1. The Hall–Kier alpha value is -0.960. The van der Waals surface area contributed by atoms with Crippen LogP contribution in [0.2, 0.25) is 0 Å². The molecule has 100 valence electrons. The average molecular weight is 265 g/mol. The molecule has 0 N–H and O–H groups in total. The minimum atomic E-state index is 0.109. The molecule has 0 radical (unpaired) electrons. The predicted octanol–water partition coefficient (Wildman–Crippen LogP) is 5.45. The molecular weight excluding hydrogens is 242 g/mol. The molecule has 0 fully saturated rings. The number of aromatic nitrogens is 1. The van der Waals surface area contributed by atoms with E-state index < -0.39 is 0 Å². The van der Waals surface area contributed by atoms with Crippen molar-refractivity contribution >= 4 is 16.7 Å². The molecular formula is C15H23NOS. The molecule has 1 aliphatic heterocycles. The van der Waals surface area contributed by atoms with Crippen LogP contribution in [-0.2, 0) is 0 Å². The zero-order valence-corrected chi connectivity index (χ0v) is 13.0. The summed E-state index contributed by atoms with van der Waals surface area (Å²) in [5.74, 6) is 1.15. The summed E-state index contributed by atoms with van der Waals surface area (Å²) in [6, 6.07) is 0. The molecule has 18 heavy (non-hydrogen) atoms. The van der Waals surface area contributed by atoms with Gasteiger partial charge in [0.1, 0.15) is 12.0 Å². The van der Waals surface area contributed by atoms with Crippen LogP contribution in [0.25, 0.3) is 4.91 Å². The second kappa shape index (κ2) is 6.28. The number of hydrogen-bond donors (Lipinski definition) is 0. The molecule has 0 aromatic carbocycles. The number of thioether (sulfide) groups is 1. The van der Waals surface area contributed by atoms with Gasteiger partial charge in [-0.1, -0.05) is 65.5 Å². The fourth-order valence-electron chi connectivity index (χ4n) is 1.50. The van der Waals surface area contributed by atoms with E-state index in [2.05, 4.69) is 50.2 Å². The summed E-state index contributed by atoms with van der Waals surface area (Å²) >= 11 is 1.70.